The zero-order valence-corrected chi connectivity index (χ0v) is 12.0. The van der Waals surface area contributed by atoms with Crippen molar-refractivity contribution in [3.05, 3.63) is 53.1 Å². The molecule has 2 rings (SSSR count). The average Bonchev–Trinajstić information content (AvgIpc) is 2.88. The number of nitrogens with zero attached hydrogens (tertiary/aromatic N) is 2. The molecule has 1 aromatic carbocycles. The molecule has 5 heteroatoms. The van der Waals surface area contributed by atoms with E-state index in [4.69, 9.17) is 0 Å². The molecule has 0 saturated carbocycles. The minimum Gasteiger partial charge on any atom is -0.333 e. The van der Waals surface area contributed by atoms with Gasteiger partial charge in [0.15, 0.2) is 0 Å². The van der Waals surface area contributed by atoms with Gasteiger partial charge in [-0.15, -0.1) is 0 Å². The van der Waals surface area contributed by atoms with Crippen LogP contribution in [0.4, 0.5) is 8.78 Å². The molecule has 0 fully saturated rings. The summed E-state index contributed by atoms with van der Waals surface area (Å²) in [5.74, 6) is -0.452. The first-order valence-electron chi connectivity index (χ1n) is 6.72. The molecule has 1 atom stereocenters. The molecule has 1 N–H and O–H groups in total. The van der Waals surface area contributed by atoms with Gasteiger partial charge in [0.2, 0.25) is 0 Å². The van der Waals surface area contributed by atoms with Crippen LogP contribution in [0, 0.1) is 18.6 Å². The lowest BCUT2D eigenvalue weighted by molar-refractivity contribution is 0.492. The van der Waals surface area contributed by atoms with Crippen molar-refractivity contribution in [2.24, 2.45) is 0 Å². The number of aromatic nitrogens is 2. The maximum absolute atomic E-state index is 14.3. The Morgan fingerprint density at radius 2 is 2.10 bits per heavy atom. The van der Waals surface area contributed by atoms with Crippen molar-refractivity contribution in [1.29, 1.82) is 0 Å². The van der Waals surface area contributed by atoms with E-state index in [9.17, 15) is 8.78 Å². The summed E-state index contributed by atoms with van der Waals surface area (Å²) in [7, 11) is 1.68. The first-order valence-corrected chi connectivity index (χ1v) is 6.72. The fourth-order valence-corrected chi connectivity index (χ4v) is 2.36. The van der Waals surface area contributed by atoms with Crippen LogP contribution in [0.15, 0.2) is 24.5 Å². The number of halogens is 2. The second-order valence-corrected chi connectivity index (χ2v) is 4.79. The Balaban J connectivity index is 2.53. The normalized spacial score (nSPS) is 12.7. The van der Waals surface area contributed by atoms with Crippen LogP contribution in [-0.4, -0.2) is 16.6 Å². The van der Waals surface area contributed by atoms with Crippen LogP contribution in [0.5, 0.6) is 0 Å². The van der Waals surface area contributed by atoms with E-state index in [2.05, 4.69) is 10.3 Å². The van der Waals surface area contributed by atoms with E-state index in [1.807, 2.05) is 17.7 Å². The fourth-order valence-electron chi connectivity index (χ4n) is 2.36. The maximum atomic E-state index is 14.3. The topological polar surface area (TPSA) is 29.9 Å². The van der Waals surface area contributed by atoms with Gasteiger partial charge in [-0.1, -0.05) is 13.0 Å². The smallest absolute Gasteiger partial charge is 0.134 e. The Kier molecular flexibility index (Phi) is 4.49. The molecule has 0 amide bonds. The molecule has 3 nitrogen and oxygen atoms in total. The lowest BCUT2D eigenvalue weighted by Gasteiger charge is -2.20. The average molecular weight is 279 g/mol. The van der Waals surface area contributed by atoms with Crippen molar-refractivity contribution in [1.82, 2.24) is 14.9 Å². The molecule has 20 heavy (non-hydrogen) atoms. The van der Waals surface area contributed by atoms with Gasteiger partial charge in [0.05, 0.1) is 6.04 Å². The van der Waals surface area contributed by atoms with Gasteiger partial charge >= 0.3 is 0 Å². The first kappa shape index (κ1) is 14.7. The number of nitrogens with one attached hydrogen (secondary N) is 1. The van der Waals surface area contributed by atoms with E-state index in [-0.39, 0.29) is 5.56 Å². The Morgan fingerprint density at radius 3 is 2.75 bits per heavy atom. The molecule has 0 spiro atoms. The van der Waals surface area contributed by atoms with Crippen LogP contribution in [0.1, 0.15) is 36.3 Å². The molecule has 1 aromatic heterocycles. The van der Waals surface area contributed by atoms with Gasteiger partial charge < -0.3 is 9.88 Å². The van der Waals surface area contributed by atoms with Crippen LogP contribution in [-0.2, 0) is 6.54 Å². The second-order valence-electron chi connectivity index (χ2n) is 4.79. The van der Waals surface area contributed by atoms with Crippen molar-refractivity contribution in [3.63, 3.8) is 0 Å². The zero-order valence-electron chi connectivity index (χ0n) is 12.0. The van der Waals surface area contributed by atoms with Gasteiger partial charge in [0, 0.05) is 24.5 Å². The predicted octanol–water partition coefficient (Wildman–Crippen LogP) is 3.19. The van der Waals surface area contributed by atoms with Gasteiger partial charge in [-0.2, -0.15) is 0 Å². The summed E-state index contributed by atoms with van der Waals surface area (Å²) < 4.78 is 30.3. The zero-order chi connectivity index (χ0) is 14.7. The van der Waals surface area contributed by atoms with Gasteiger partial charge in [-0.05, 0) is 32.0 Å². The number of hydrogen-bond acceptors (Lipinski definition) is 2. The minimum absolute atomic E-state index is 0.0241. The number of hydrogen-bond donors (Lipinski definition) is 1. The summed E-state index contributed by atoms with van der Waals surface area (Å²) in [6.07, 6.45) is 4.41. The third-order valence-electron chi connectivity index (χ3n) is 3.37. The Bertz CT molecular complexity index is 593. The van der Waals surface area contributed by atoms with Crippen LogP contribution < -0.4 is 5.32 Å². The Labute approximate surface area is 117 Å². The number of aryl methyl sites for hydroxylation is 2. The molecule has 0 aliphatic heterocycles. The number of benzene rings is 1. The van der Waals surface area contributed by atoms with Crippen LogP contribution in [0.3, 0.4) is 0 Å². The standard InChI is InChI=1S/C15H19F2N3/c1-4-8-20-9-7-19-15(20)14(18-3)12-11(16)6-5-10(2)13(12)17/h5-7,9,14,18H,4,8H2,1-3H3. The lowest BCUT2D eigenvalue weighted by Crippen LogP contribution is -2.24. The molecular weight excluding hydrogens is 260 g/mol. The van der Waals surface area contributed by atoms with E-state index >= 15 is 0 Å². The maximum Gasteiger partial charge on any atom is 0.134 e. The summed E-state index contributed by atoms with van der Waals surface area (Å²) in [5.41, 5.74) is 0.450. The van der Waals surface area contributed by atoms with E-state index in [1.165, 1.54) is 12.1 Å². The van der Waals surface area contributed by atoms with Gasteiger partial charge in [0.25, 0.3) is 0 Å². The molecule has 0 radical (unpaired) electrons. The minimum atomic E-state index is -0.601. The van der Waals surface area contributed by atoms with Crippen LogP contribution >= 0.6 is 0 Å². The molecule has 0 bridgehead atoms. The van der Waals surface area contributed by atoms with E-state index < -0.39 is 17.7 Å². The third-order valence-corrected chi connectivity index (χ3v) is 3.37. The van der Waals surface area contributed by atoms with Gasteiger partial charge in [0.1, 0.15) is 17.5 Å². The van der Waals surface area contributed by atoms with Gasteiger partial charge in [-0.25, -0.2) is 13.8 Å². The summed E-state index contributed by atoms with van der Waals surface area (Å²) in [6, 6.07) is 2.14. The van der Waals surface area contributed by atoms with Crippen LogP contribution in [0.2, 0.25) is 0 Å². The molecule has 0 aliphatic carbocycles. The number of imidazole rings is 1. The van der Waals surface area contributed by atoms with Crippen molar-refractivity contribution in [2.75, 3.05) is 7.05 Å². The summed E-state index contributed by atoms with van der Waals surface area (Å²) in [4.78, 5) is 4.26. The second kappa shape index (κ2) is 6.13. The Hall–Kier alpha value is -1.75. The summed E-state index contributed by atoms with van der Waals surface area (Å²) >= 11 is 0. The first-order chi connectivity index (χ1) is 9.60. The van der Waals surface area contributed by atoms with Crippen molar-refractivity contribution >= 4 is 0 Å². The highest BCUT2D eigenvalue weighted by Gasteiger charge is 2.25. The molecule has 0 saturated heterocycles. The third kappa shape index (κ3) is 2.58. The Morgan fingerprint density at radius 1 is 1.35 bits per heavy atom. The molecule has 2 aromatic rings. The molecular formula is C15H19F2N3. The van der Waals surface area contributed by atoms with Gasteiger partial charge in [-0.3, -0.25) is 0 Å². The fraction of sp³-hybridized carbons (Fsp3) is 0.400. The highest BCUT2D eigenvalue weighted by atomic mass is 19.1. The molecule has 0 aliphatic rings. The lowest BCUT2D eigenvalue weighted by atomic mass is 10.0. The SMILES string of the molecule is CCCn1ccnc1C(NC)c1c(F)ccc(C)c1F. The van der Waals surface area contributed by atoms with E-state index in [1.54, 1.807) is 20.2 Å². The molecule has 1 unspecified atom stereocenters. The largest absolute Gasteiger partial charge is 0.333 e. The van der Waals surface area contributed by atoms with Crippen molar-refractivity contribution in [2.45, 2.75) is 32.9 Å². The quantitative estimate of drug-likeness (QED) is 0.911. The summed E-state index contributed by atoms with van der Waals surface area (Å²) in [5, 5.41) is 2.97. The van der Waals surface area contributed by atoms with Crippen LogP contribution in [0.25, 0.3) is 0 Å². The monoisotopic (exact) mass is 279 g/mol. The number of rotatable bonds is 5. The molecule has 1 heterocycles. The molecule has 108 valence electrons. The van der Waals surface area contributed by atoms with Crippen molar-refractivity contribution < 1.29 is 8.78 Å². The summed E-state index contributed by atoms with van der Waals surface area (Å²) in [6.45, 7) is 4.44. The highest BCUT2D eigenvalue weighted by Crippen LogP contribution is 2.27. The highest BCUT2D eigenvalue weighted by molar-refractivity contribution is 5.32. The van der Waals surface area contributed by atoms with E-state index in [0.29, 0.717) is 11.4 Å². The predicted molar refractivity (Wildman–Crippen MR) is 74.5 cm³/mol. The van der Waals surface area contributed by atoms with Crippen molar-refractivity contribution in [3.8, 4) is 0 Å². The van der Waals surface area contributed by atoms with E-state index in [0.717, 1.165) is 13.0 Å².